The summed E-state index contributed by atoms with van der Waals surface area (Å²) in [4.78, 5) is 4.51. The van der Waals surface area contributed by atoms with E-state index in [0.717, 1.165) is 29.2 Å². The van der Waals surface area contributed by atoms with Crippen LogP contribution < -0.4 is 0 Å². The summed E-state index contributed by atoms with van der Waals surface area (Å²) in [5, 5.41) is 8.98. The first-order valence-corrected chi connectivity index (χ1v) is 5.48. The number of aryl methyl sites for hydroxylation is 2. The molecule has 0 spiro atoms. The third-order valence-corrected chi connectivity index (χ3v) is 2.63. The number of imidazole rings is 1. The highest BCUT2D eigenvalue weighted by Crippen LogP contribution is 2.19. The number of benzene rings is 1. The molecule has 16 heavy (non-hydrogen) atoms. The van der Waals surface area contributed by atoms with Gasteiger partial charge in [0, 0.05) is 18.3 Å². The Morgan fingerprint density at radius 2 is 1.94 bits per heavy atom. The molecule has 1 N–H and O–H groups in total. The molecule has 0 unspecified atom stereocenters. The molecule has 0 saturated carbocycles. The average Bonchev–Trinajstić information content (AvgIpc) is 2.70. The number of aliphatic hydroxyl groups excluding tert-OH is 1. The first kappa shape index (κ1) is 10.9. The van der Waals surface area contributed by atoms with Gasteiger partial charge in [-0.2, -0.15) is 0 Å². The molecule has 0 saturated heterocycles. The van der Waals surface area contributed by atoms with E-state index in [1.54, 1.807) is 0 Å². The van der Waals surface area contributed by atoms with E-state index in [2.05, 4.69) is 22.7 Å². The Bertz CT molecular complexity index is 471. The maximum absolute atomic E-state index is 8.98. The Hall–Kier alpha value is -1.61. The Balaban J connectivity index is 2.41. The van der Waals surface area contributed by atoms with Crippen LogP contribution in [0.3, 0.4) is 0 Å². The molecule has 1 aromatic carbocycles. The van der Waals surface area contributed by atoms with Crippen LogP contribution in [0.25, 0.3) is 11.4 Å². The largest absolute Gasteiger partial charge is 0.392 e. The summed E-state index contributed by atoms with van der Waals surface area (Å²) in [6, 6.07) is 7.86. The molecule has 0 aliphatic rings. The standard InChI is InChI=1S/C13H16N2O/c1-3-15-8-10(2)14-13(15)12-6-4-11(9-16)5-7-12/h4-8,16H,3,9H2,1-2H3. The molecule has 0 amide bonds. The minimum Gasteiger partial charge on any atom is -0.392 e. The van der Waals surface area contributed by atoms with Crippen LogP contribution >= 0.6 is 0 Å². The van der Waals surface area contributed by atoms with Crippen LogP contribution in [0.2, 0.25) is 0 Å². The molecule has 2 aromatic rings. The van der Waals surface area contributed by atoms with Crippen molar-refractivity contribution < 1.29 is 5.11 Å². The van der Waals surface area contributed by atoms with Gasteiger partial charge in [0.1, 0.15) is 5.82 Å². The Morgan fingerprint density at radius 1 is 1.25 bits per heavy atom. The van der Waals surface area contributed by atoms with Crippen molar-refractivity contribution in [1.29, 1.82) is 0 Å². The molecule has 3 heteroatoms. The summed E-state index contributed by atoms with van der Waals surface area (Å²) in [6.45, 7) is 5.10. The second-order valence-electron chi connectivity index (χ2n) is 3.85. The van der Waals surface area contributed by atoms with Crippen LogP contribution in [0.5, 0.6) is 0 Å². The summed E-state index contributed by atoms with van der Waals surface area (Å²) in [6.07, 6.45) is 2.05. The van der Waals surface area contributed by atoms with E-state index in [9.17, 15) is 0 Å². The van der Waals surface area contributed by atoms with Crippen LogP contribution in [0.4, 0.5) is 0 Å². The van der Waals surface area contributed by atoms with Crippen molar-refractivity contribution in [1.82, 2.24) is 9.55 Å². The van der Waals surface area contributed by atoms with E-state index in [0.29, 0.717) is 0 Å². The minimum atomic E-state index is 0.0848. The van der Waals surface area contributed by atoms with Gasteiger partial charge in [-0.1, -0.05) is 24.3 Å². The summed E-state index contributed by atoms with van der Waals surface area (Å²) < 4.78 is 2.13. The topological polar surface area (TPSA) is 38.0 Å². The monoisotopic (exact) mass is 216 g/mol. The maximum atomic E-state index is 8.98. The SMILES string of the molecule is CCn1cc(C)nc1-c1ccc(CO)cc1. The van der Waals surface area contributed by atoms with Gasteiger partial charge in [0.2, 0.25) is 0 Å². The lowest BCUT2D eigenvalue weighted by Crippen LogP contribution is -1.96. The van der Waals surface area contributed by atoms with Gasteiger partial charge in [-0.25, -0.2) is 4.98 Å². The number of hydrogen-bond acceptors (Lipinski definition) is 2. The van der Waals surface area contributed by atoms with Gasteiger partial charge in [0.25, 0.3) is 0 Å². The van der Waals surface area contributed by atoms with Crippen molar-refractivity contribution in [2.75, 3.05) is 0 Å². The van der Waals surface area contributed by atoms with Crippen LogP contribution in [0.1, 0.15) is 18.2 Å². The zero-order valence-electron chi connectivity index (χ0n) is 9.64. The summed E-state index contributed by atoms with van der Waals surface area (Å²) in [5.41, 5.74) is 3.05. The van der Waals surface area contributed by atoms with Crippen molar-refractivity contribution in [2.45, 2.75) is 27.0 Å². The van der Waals surface area contributed by atoms with Gasteiger partial charge in [-0.05, 0) is 19.4 Å². The first-order valence-electron chi connectivity index (χ1n) is 5.48. The van der Waals surface area contributed by atoms with Crippen molar-refractivity contribution >= 4 is 0 Å². The number of aliphatic hydroxyl groups is 1. The summed E-state index contributed by atoms with van der Waals surface area (Å²) in [5.74, 6) is 0.990. The van der Waals surface area contributed by atoms with Gasteiger partial charge < -0.3 is 9.67 Å². The molecule has 1 heterocycles. The second-order valence-corrected chi connectivity index (χ2v) is 3.85. The molecule has 0 bridgehead atoms. The molecule has 0 radical (unpaired) electrons. The Kier molecular flexibility index (Phi) is 3.06. The van der Waals surface area contributed by atoms with E-state index in [1.165, 1.54) is 0 Å². The normalized spacial score (nSPS) is 10.7. The number of nitrogens with zero attached hydrogens (tertiary/aromatic N) is 2. The number of rotatable bonds is 3. The first-order chi connectivity index (χ1) is 7.74. The lowest BCUT2D eigenvalue weighted by Gasteiger charge is -2.05. The van der Waals surface area contributed by atoms with Crippen LogP contribution in [0, 0.1) is 6.92 Å². The smallest absolute Gasteiger partial charge is 0.140 e. The van der Waals surface area contributed by atoms with E-state index >= 15 is 0 Å². The Labute approximate surface area is 95.4 Å². The van der Waals surface area contributed by atoms with E-state index in [1.807, 2.05) is 31.2 Å². The Morgan fingerprint density at radius 3 is 2.50 bits per heavy atom. The summed E-state index contributed by atoms with van der Waals surface area (Å²) in [7, 11) is 0. The third kappa shape index (κ3) is 1.99. The zero-order valence-corrected chi connectivity index (χ0v) is 9.64. The average molecular weight is 216 g/mol. The van der Waals surface area contributed by atoms with Gasteiger partial charge in [-0.15, -0.1) is 0 Å². The van der Waals surface area contributed by atoms with Crippen molar-refractivity contribution in [3.8, 4) is 11.4 Å². The molecule has 3 nitrogen and oxygen atoms in total. The van der Waals surface area contributed by atoms with Crippen molar-refractivity contribution in [3.05, 3.63) is 41.7 Å². The molecule has 0 atom stereocenters. The zero-order chi connectivity index (χ0) is 11.5. The lowest BCUT2D eigenvalue weighted by atomic mass is 10.1. The molecule has 0 fully saturated rings. The van der Waals surface area contributed by atoms with Crippen LogP contribution in [-0.4, -0.2) is 14.7 Å². The highest BCUT2D eigenvalue weighted by atomic mass is 16.3. The van der Waals surface area contributed by atoms with Crippen LogP contribution in [0.15, 0.2) is 30.5 Å². The molecule has 0 aliphatic heterocycles. The molecule has 2 rings (SSSR count). The van der Waals surface area contributed by atoms with Gasteiger partial charge in [-0.3, -0.25) is 0 Å². The quantitative estimate of drug-likeness (QED) is 0.855. The fourth-order valence-corrected chi connectivity index (χ4v) is 1.78. The fourth-order valence-electron chi connectivity index (χ4n) is 1.78. The van der Waals surface area contributed by atoms with Gasteiger partial charge in [0.05, 0.1) is 12.3 Å². The van der Waals surface area contributed by atoms with Gasteiger partial charge in [0.15, 0.2) is 0 Å². The molecule has 1 aromatic heterocycles. The fraction of sp³-hybridized carbons (Fsp3) is 0.308. The number of aromatic nitrogens is 2. The van der Waals surface area contributed by atoms with Crippen molar-refractivity contribution in [3.63, 3.8) is 0 Å². The predicted octanol–water partition coefficient (Wildman–Crippen LogP) is 2.37. The van der Waals surface area contributed by atoms with E-state index in [-0.39, 0.29) is 6.61 Å². The lowest BCUT2D eigenvalue weighted by molar-refractivity contribution is 0.282. The highest BCUT2D eigenvalue weighted by Gasteiger charge is 2.06. The highest BCUT2D eigenvalue weighted by molar-refractivity contribution is 5.56. The van der Waals surface area contributed by atoms with Gasteiger partial charge >= 0.3 is 0 Å². The molecule has 0 aliphatic carbocycles. The van der Waals surface area contributed by atoms with E-state index in [4.69, 9.17) is 5.11 Å². The second kappa shape index (κ2) is 4.49. The molecule has 84 valence electrons. The minimum absolute atomic E-state index is 0.0848. The molecular formula is C13H16N2O. The molecular weight excluding hydrogens is 200 g/mol. The number of hydrogen-bond donors (Lipinski definition) is 1. The third-order valence-electron chi connectivity index (χ3n) is 2.63. The van der Waals surface area contributed by atoms with E-state index < -0.39 is 0 Å². The van der Waals surface area contributed by atoms with Crippen LogP contribution in [-0.2, 0) is 13.2 Å². The maximum Gasteiger partial charge on any atom is 0.140 e. The van der Waals surface area contributed by atoms with Crippen molar-refractivity contribution in [2.24, 2.45) is 0 Å². The predicted molar refractivity (Wildman–Crippen MR) is 64.0 cm³/mol. The summed E-state index contributed by atoms with van der Waals surface area (Å²) >= 11 is 0.